The maximum Gasteiger partial charge on any atom is 0.303 e. The van der Waals surface area contributed by atoms with Gasteiger partial charge in [-0.1, -0.05) is 34.3 Å². The van der Waals surface area contributed by atoms with Gasteiger partial charge in [-0.25, -0.2) is 0 Å². The zero-order valence-electron chi connectivity index (χ0n) is 19.1. The minimum atomic E-state index is -1.31. The van der Waals surface area contributed by atoms with Crippen molar-refractivity contribution in [3.8, 4) is 0 Å². The Balaban J connectivity index is 2.24. The van der Waals surface area contributed by atoms with Crippen molar-refractivity contribution >= 4 is 11.9 Å². The number of hydrogen-bond donors (Lipinski definition) is 2. The first-order valence-electron chi connectivity index (χ1n) is 10.9. The summed E-state index contributed by atoms with van der Waals surface area (Å²) < 4.78 is 11.5. The van der Waals surface area contributed by atoms with E-state index >= 15 is 0 Å². The number of aliphatic hydroxyl groups excluding tert-OH is 1. The average molecular weight is 421 g/mol. The van der Waals surface area contributed by atoms with Gasteiger partial charge in [0.1, 0.15) is 12.2 Å². The number of ether oxygens (including phenoxy) is 2. The fourth-order valence-electron chi connectivity index (χ4n) is 6.38. The largest absolute Gasteiger partial charge is 0.458 e. The number of aliphatic hydroxyl groups is 2. The molecule has 0 aromatic heterocycles. The molecule has 30 heavy (non-hydrogen) atoms. The molecule has 0 aromatic rings. The fourth-order valence-corrected chi connectivity index (χ4v) is 6.38. The molecule has 3 rings (SSSR count). The molecule has 2 saturated carbocycles. The van der Waals surface area contributed by atoms with Crippen molar-refractivity contribution in [2.24, 2.45) is 16.7 Å². The Morgan fingerprint density at radius 1 is 1.10 bits per heavy atom. The Bertz CT molecular complexity index is 798. The third-order valence-corrected chi connectivity index (χ3v) is 7.74. The van der Waals surface area contributed by atoms with E-state index in [4.69, 9.17) is 9.47 Å². The maximum atomic E-state index is 12.1. The molecule has 0 radical (unpaired) electrons. The normalized spacial score (nSPS) is 41.2. The molecule has 168 valence electrons. The number of fused-ring (bicyclic) bond motifs is 2. The Morgan fingerprint density at radius 2 is 1.67 bits per heavy atom. The van der Waals surface area contributed by atoms with Gasteiger partial charge in [-0.2, -0.15) is 0 Å². The van der Waals surface area contributed by atoms with Crippen LogP contribution < -0.4 is 0 Å². The highest BCUT2D eigenvalue weighted by Crippen LogP contribution is 2.63. The summed E-state index contributed by atoms with van der Waals surface area (Å²) in [5, 5.41) is 23.0. The van der Waals surface area contributed by atoms with Crippen molar-refractivity contribution in [3.63, 3.8) is 0 Å². The molecule has 2 N–H and O–H groups in total. The van der Waals surface area contributed by atoms with Crippen LogP contribution in [0.3, 0.4) is 0 Å². The molecular formula is C24H36O6. The van der Waals surface area contributed by atoms with Crippen LogP contribution >= 0.6 is 0 Å². The van der Waals surface area contributed by atoms with E-state index in [1.807, 2.05) is 27.7 Å². The lowest BCUT2D eigenvalue weighted by molar-refractivity contribution is -0.162. The Kier molecular flexibility index (Phi) is 5.74. The zero-order valence-corrected chi connectivity index (χ0v) is 19.1. The first kappa shape index (κ1) is 23.0. The summed E-state index contributed by atoms with van der Waals surface area (Å²) in [6.45, 7) is 14.9. The van der Waals surface area contributed by atoms with Crippen molar-refractivity contribution in [2.75, 3.05) is 0 Å². The van der Waals surface area contributed by atoms with Crippen molar-refractivity contribution in [3.05, 3.63) is 23.3 Å². The first-order chi connectivity index (χ1) is 13.7. The molecule has 0 aliphatic heterocycles. The minimum Gasteiger partial charge on any atom is -0.458 e. The summed E-state index contributed by atoms with van der Waals surface area (Å²) in [4.78, 5) is 23.9. The summed E-state index contributed by atoms with van der Waals surface area (Å²) >= 11 is 0. The molecule has 0 aromatic carbocycles. The van der Waals surface area contributed by atoms with Gasteiger partial charge < -0.3 is 19.7 Å². The predicted molar refractivity (Wildman–Crippen MR) is 112 cm³/mol. The minimum absolute atomic E-state index is 0.0694. The van der Waals surface area contributed by atoms with Crippen LogP contribution in [-0.4, -0.2) is 46.1 Å². The summed E-state index contributed by atoms with van der Waals surface area (Å²) in [5.74, 6) is -0.698. The molecule has 2 fully saturated rings. The maximum absolute atomic E-state index is 12.1. The van der Waals surface area contributed by atoms with E-state index in [0.717, 1.165) is 11.1 Å². The second-order valence-corrected chi connectivity index (χ2v) is 10.3. The molecule has 6 heteroatoms. The lowest BCUT2D eigenvalue weighted by Crippen LogP contribution is -2.58. The van der Waals surface area contributed by atoms with E-state index in [0.29, 0.717) is 31.3 Å². The van der Waals surface area contributed by atoms with Crippen LogP contribution in [0.2, 0.25) is 0 Å². The van der Waals surface area contributed by atoms with Crippen LogP contribution in [0.4, 0.5) is 0 Å². The second kappa shape index (κ2) is 7.49. The van der Waals surface area contributed by atoms with E-state index in [1.54, 1.807) is 0 Å². The molecule has 0 saturated heterocycles. The van der Waals surface area contributed by atoms with Gasteiger partial charge in [0.25, 0.3) is 0 Å². The van der Waals surface area contributed by atoms with E-state index in [-0.39, 0.29) is 18.3 Å². The van der Waals surface area contributed by atoms with Crippen molar-refractivity contribution in [1.29, 1.82) is 0 Å². The number of carbonyl (C=O) groups is 2. The Labute approximate surface area is 179 Å². The highest BCUT2D eigenvalue weighted by atomic mass is 16.5. The molecule has 0 unspecified atom stereocenters. The standard InChI is InChI=1S/C24H36O6/c1-13(2)20-17(29-15(4)25)10-22(6)12-24(28)14(3)8-9-19(27)23(24,7)11-18(21(20)22)30-16(5)26/h13,17-19,27-28H,3,8-12H2,1-2,4-7H3/t17-,18+,19+,22+,23+,24-/m0/s1. The number of rotatable bonds is 3. The highest BCUT2D eigenvalue weighted by molar-refractivity contribution is 5.68. The van der Waals surface area contributed by atoms with Crippen LogP contribution in [0, 0.1) is 16.7 Å². The SMILES string of the molecule is C=C1CC[C@@H](O)[C@@]2(C)C[C@@H](OC(C)=O)C3=C(C(C)C)[C@@H](OC(C)=O)C[C@]3(C)C[C@]12O. The summed E-state index contributed by atoms with van der Waals surface area (Å²) in [7, 11) is 0. The highest BCUT2D eigenvalue weighted by Gasteiger charge is 2.64. The lowest BCUT2D eigenvalue weighted by Gasteiger charge is -2.53. The van der Waals surface area contributed by atoms with Gasteiger partial charge in [-0.3, -0.25) is 9.59 Å². The number of hydrogen-bond acceptors (Lipinski definition) is 6. The van der Waals surface area contributed by atoms with E-state index in [2.05, 4.69) is 6.58 Å². The molecule has 6 nitrogen and oxygen atoms in total. The Hall–Kier alpha value is -1.66. The first-order valence-corrected chi connectivity index (χ1v) is 10.9. The fraction of sp³-hybridized carbons (Fsp3) is 0.750. The summed E-state index contributed by atoms with van der Waals surface area (Å²) in [6.07, 6.45) is 0.444. The molecule has 0 bridgehead atoms. The topological polar surface area (TPSA) is 93.1 Å². The summed E-state index contributed by atoms with van der Waals surface area (Å²) in [6, 6.07) is 0. The van der Waals surface area contributed by atoms with Crippen molar-refractivity contribution in [2.45, 2.75) is 97.6 Å². The zero-order chi connectivity index (χ0) is 22.6. The van der Waals surface area contributed by atoms with Gasteiger partial charge in [-0.05, 0) is 60.2 Å². The number of carbonyl (C=O) groups excluding carboxylic acids is 2. The second-order valence-electron chi connectivity index (χ2n) is 10.3. The predicted octanol–water partition coefficient (Wildman–Crippen LogP) is 3.45. The van der Waals surface area contributed by atoms with E-state index in [9.17, 15) is 19.8 Å². The van der Waals surface area contributed by atoms with Crippen LogP contribution in [0.1, 0.15) is 73.6 Å². The van der Waals surface area contributed by atoms with E-state index < -0.39 is 40.7 Å². The number of esters is 2. The molecule has 3 aliphatic carbocycles. The molecule has 3 aliphatic rings. The van der Waals surface area contributed by atoms with Crippen LogP contribution in [0.25, 0.3) is 0 Å². The Morgan fingerprint density at radius 3 is 2.20 bits per heavy atom. The molecule has 0 spiro atoms. The van der Waals surface area contributed by atoms with Gasteiger partial charge in [0.05, 0.1) is 11.7 Å². The summed E-state index contributed by atoms with van der Waals surface area (Å²) in [5.41, 5.74) is -0.171. The third-order valence-electron chi connectivity index (χ3n) is 7.74. The van der Waals surface area contributed by atoms with Crippen LogP contribution in [-0.2, 0) is 19.1 Å². The molecule has 0 heterocycles. The lowest BCUT2D eigenvalue weighted by atomic mass is 9.56. The van der Waals surface area contributed by atoms with Gasteiger partial charge in [-0.15, -0.1) is 0 Å². The van der Waals surface area contributed by atoms with Gasteiger partial charge >= 0.3 is 11.9 Å². The monoisotopic (exact) mass is 420 g/mol. The molecule has 6 atom stereocenters. The van der Waals surface area contributed by atoms with E-state index in [1.165, 1.54) is 13.8 Å². The molecular weight excluding hydrogens is 384 g/mol. The quantitative estimate of drug-likeness (QED) is 0.537. The molecule has 0 amide bonds. The van der Waals surface area contributed by atoms with Crippen molar-refractivity contribution in [1.82, 2.24) is 0 Å². The van der Waals surface area contributed by atoms with Gasteiger partial charge in [0, 0.05) is 19.3 Å². The van der Waals surface area contributed by atoms with Crippen LogP contribution in [0.15, 0.2) is 23.3 Å². The van der Waals surface area contributed by atoms with Crippen molar-refractivity contribution < 1.29 is 29.3 Å². The smallest absolute Gasteiger partial charge is 0.303 e. The van der Waals surface area contributed by atoms with Gasteiger partial charge in [0.15, 0.2) is 0 Å². The van der Waals surface area contributed by atoms with Crippen LogP contribution in [0.5, 0.6) is 0 Å². The average Bonchev–Trinajstić information content (AvgIpc) is 2.83. The third kappa shape index (κ3) is 3.42. The van der Waals surface area contributed by atoms with Gasteiger partial charge in [0.2, 0.25) is 0 Å².